The average molecular weight is 529 g/mol. The number of fused-ring (bicyclic) bond motifs is 1. The van der Waals surface area contributed by atoms with Crippen LogP contribution < -0.4 is 0 Å². The van der Waals surface area contributed by atoms with Gasteiger partial charge in [-0.2, -0.15) is 0 Å². The number of benzene rings is 1. The molecule has 2 amide bonds. The summed E-state index contributed by atoms with van der Waals surface area (Å²) < 4.78 is 4.24. The third kappa shape index (κ3) is 4.40. The number of esters is 1. The van der Waals surface area contributed by atoms with E-state index in [0.29, 0.717) is 13.0 Å². The number of hydrogen-bond acceptors (Lipinski definition) is 6. The maximum Gasteiger partial charge on any atom is 0.311 e. The lowest BCUT2D eigenvalue weighted by Crippen LogP contribution is -2.57. The second kappa shape index (κ2) is 10.8. The lowest BCUT2D eigenvalue weighted by molar-refractivity contribution is -0.155. The molecule has 3 aliphatic rings. The van der Waals surface area contributed by atoms with Crippen molar-refractivity contribution in [3.05, 3.63) is 48.6 Å². The van der Waals surface area contributed by atoms with Crippen molar-refractivity contribution in [1.82, 2.24) is 9.80 Å². The standard InChI is InChI=1S/C29H40N2O5S/c1-6-12-19(4)30(17-7-2)26(34)24-29-16-15-28(5,37-29)23(27(35)36-8-3)22(29)25(33)31(24)21(18-32)20-13-10-9-11-14-20/h7,9-11,13-14,19,21-24,32H,2,6,8,12,15-18H2,1,3-5H3/t19?,21-,22+,23+,24?,28-,29?/m1/s1. The minimum Gasteiger partial charge on any atom is -0.466 e. The molecule has 4 rings (SSSR count). The fourth-order valence-electron chi connectivity index (χ4n) is 6.95. The molecule has 0 radical (unpaired) electrons. The van der Waals surface area contributed by atoms with Crippen molar-refractivity contribution in [2.75, 3.05) is 19.8 Å². The topological polar surface area (TPSA) is 87.2 Å². The summed E-state index contributed by atoms with van der Waals surface area (Å²) in [6.07, 6.45) is 4.86. The highest BCUT2D eigenvalue weighted by atomic mass is 32.2. The summed E-state index contributed by atoms with van der Waals surface area (Å²) in [6, 6.07) is 7.84. The summed E-state index contributed by atoms with van der Waals surface area (Å²) in [5.41, 5.74) is 0.767. The van der Waals surface area contributed by atoms with Gasteiger partial charge in [0.1, 0.15) is 6.04 Å². The zero-order valence-corrected chi connectivity index (χ0v) is 23.2. The summed E-state index contributed by atoms with van der Waals surface area (Å²) in [4.78, 5) is 45.7. The van der Waals surface area contributed by atoms with Gasteiger partial charge in [-0.1, -0.05) is 49.8 Å². The van der Waals surface area contributed by atoms with Crippen molar-refractivity contribution in [2.45, 2.75) is 81.0 Å². The molecular formula is C29H40N2O5S. The number of ether oxygens (including phenoxy) is 1. The first-order valence-corrected chi connectivity index (χ1v) is 14.3. The number of carbonyl (C=O) groups excluding carboxylic acids is 3. The second-order valence-electron chi connectivity index (χ2n) is 10.8. The molecule has 3 unspecified atom stereocenters. The van der Waals surface area contributed by atoms with Crippen molar-refractivity contribution in [3.63, 3.8) is 0 Å². The monoisotopic (exact) mass is 528 g/mol. The zero-order chi connectivity index (χ0) is 27.0. The van der Waals surface area contributed by atoms with Crippen molar-refractivity contribution in [1.29, 1.82) is 0 Å². The normalized spacial score (nSPS) is 31.6. The van der Waals surface area contributed by atoms with Gasteiger partial charge in [-0.15, -0.1) is 18.3 Å². The molecule has 202 valence electrons. The van der Waals surface area contributed by atoms with Crippen LogP contribution in [0.4, 0.5) is 0 Å². The molecule has 1 aromatic carbocycles. The maximum absolute atomic E-state index is 14.6. The molecule has 3 aliphatic heterocycles. The zero-order valence-electron chi connectivity index (χ0n) is 22.4. The van der Waals surface area contributed by atoms with E-state index in [-0.39, 0.29) is 37.0 Å². The van der Waals surface area contributed by atoms with Gasteiger partial charge in [0.2, 0.25) is 11.8 Å². The molecule has 1 N–H and O–H groups in total. The van der Waals surface area contributed by atoms with Crippen LogP contribution in [0.1, 0.15) is 65.0 Å². The number of nitrogens with zero attached hydrogens (tertiary/aromatic N) is 2. The highest BCUT2D eigenvalue weighted by Crippen LogP contribution is 2.72. The maximum atomic E-state index is 14.6. The van der Waals surface area contributed by atoms with E-state index >= 15 is 0 Å². The summed E-state index contributed by atoms with van der Waals surface area (Å²) in [7, 11) is 0. The highest BCUT2D eigenvalue weighted by molar-refractivity contribution is 8.02. The number of aliphatic hydroxyl groups is 1. The first-order chi connectivity index (χ1) is 17.7. The van der Waals surface area contributed by atoms with E-state index in [4.69, 9.17) is 4.74 Å². The number of thioether (sulfide) groups is 1. The summed E-state index contributed by atoms with van der Waals surface area (Å²) in [5.74, 6) is -2.04. The van der Waals surface area contributed by atoms with Crippen LogP contribution in [-0.2, 0) is 19.1 Å². The first-order valence-electron chi connectivity index (χ1n) is 13.5. The van der Waals surface area contributed by atoms with Gasteiger partial charge in [-0.05, 0) is 45.6 Å². The number of rotatable bonds is 11. The third-order valence-electron chi connectivity index (χ3n) is 8.53. The fraction of sp³-hybridized carbons (Fsp3) is 0.621. The largest absolute Gasteiger partial charge is 0.466 e. The predicted octanol–water partition coefficient (Wildman–Crippen LogP) is 3.97. The van der Waals surface area contributed by atoms with Gasteiger partial charge in [-0.3, -0.25) is 14.4 Å². The molecule has 1 aromatic rings. The van der Waals surface area contributed by atoms with E-state index in [2.05, 4.69) is 13.5 Å². The lowest BCUT2D eigenvalue weighted by atomic mass is 9.66. The summed E-state index contributed by atoms with van der Waals surface area (Å²) in [6.45, 7) is 12.1. The molecule has 7 nitrogen and oxygen atoms in total. The Bertz CT molecular complexity index is 1030. The molecule has 2 bridgehead atoms. The Kier molecular flexibility index (Phi) is 8.10. The molecule has 3 fully saturated rings. The summed E-state index contributed by atoms with van der Waals surface area (Å²) in [5, 5.41) is 10.6. The molecule has 3 saturated heterocycles. The lowest BCUT2D eigenvalue weighted by Gasteiger charge is -2.41. The van der Waals surface area contributed by atoms with Gasteiger partial charge in [0.25, 0.3) is 0 Å². The number of carbonyl (C=O) groups is 3. The number of amides is 2. The van der Waals surface area contributed by atoms with Gasteiger partial charge in [0.05, 0.1) is 35.8 Å². The van der Waals surface area contributed by atoms with Crippen molar-refractivity contribution in [2.24, 2.45) is 11.8 Å². The van der Waals surface area contributed by atoms with E-state index in [1.165, 1.54) is 0 Å². The molecule has 3 heterocycles. The fourth-order valence-corrected chi connectivity index (χ4v) is 9.28. The van der Waals surface area contributed by atoms with Crippen LogP contribution >= 0.6 is 11.8 Å². The Morgan fingerprint density at radius 1 is 1.30 bits per heavy atom. The Morgan fingerprint density at radius 2 is 2.00 bits per heavy atom. The predicted molar refractivity (Wildman–Crippen MR) is 145 cm³/mol. The van der Waals surface area contributed by atoms with Crippen LogP contribution in [0.5, 0.6) is 0 Å². The highest BCUT2D eigenvalue weighted by Gasteiger charge is 2.78. The van der Waals surface area contributed by atoms with Crippen LogP contribution in [0.3, 0.4) is 0 Å². The SMILES string of the molecule is C=CCN(C(=O)C1N([C@H](CO)c2ccccc2)C(=O)[C@@H]2[C@@H](C(=O)OCC)[C@@]3(C)CCC12S3)C(C)CCC. The molecule has 0 aliphatic carbocycles. The Morgan fingerprint density at radius 3 is 2.59 bits per heavy atom. The number of hydrogen-bond donors (Lipinski definition) is 1. The smallest absolute Gasteiger partial charge is 0.311 e. The van der Waals surface area contributed by atoms with Crippen molar-refractivity contribution < 1.29 is 24.2 Å². The molecule has 7 atom stereocenters. The minimum atomic E-state index is -0.798. The Labute approximate surface area is 224 Å². The molecule has 0 aromatic heterocycles. The molecule has 8 heteroatoms. The van der Waals surface area contributed by atoms with Gasteiger partial charge >= 0.3 is 5.97 Å². The van der Waals surface area contributed by atoms with Gasteiger partial charge in [0.15, 0.2) is 0 Å². The minimum absolute atomic E-state index is 0.0350. The van der Waals surface area contributed by atoms with Crippen LogP contribution in [0, 0.1) is 11.8 Å². The number of aliphatic hydroxyl groups excluding tert-OH is 1. The van der Waals surface area contributed by atoms with E-state index in [1.807, 2.05) is 49.1 Å². The van der Waals surface area contributed by atoms with Crippen LogP contribution in [0.25, 0.3) is 0 Å². The van der Waals surface area contributed by atoms with Crippen LogP contribution in [0.15, 0.2) is 43.0 Å². The van der Waals surface area contributed by atoms with Gasteiger partial charge in [0, 0.05) is 17.3 Å². The quantitative estimate of drug-likeness (QED) is 0.346. The van der Waals surface area contributed by atoms with E-state index in [1.54, 1.807) is 29.7 Å². The number of likely N-dealkylation sites (tertiary alicyclic amines) is 1. The molecule has 37 heavy (non-hydrogen) atoms. The Balaban J connectivity index is 1.86. The third-order valence-corrected chi connectivity index (χ3v) is 10.5. The van der Waals surface area contributed by atoms with Crippen molar-refractivity contribution >= 4 is 29.5 Å². The van der Waals surface area contributed by atoms with Crippen molar-refractivity contribution in [3.8, 4) is 0 Å². The molecular weight excluding hydrogens is 488 g/mol. The summed E-state index contributed by atoms with van der Waals surface area (Å²) >= 11 is 1.62. The van der Waals surface area contributed by atoms with E-state index in [9.17, 15) is 19.5 Å². The second-order valence-corrected chi connectivity index (χ2v) is 12.6. The molecule has 0 saturated carbocycles. The van der Waals surface area contributed by atoms with Gasteiger partial charge < -0.3 is 19.6 Å². The molecule has 1 spiro atoms. The van der Waals surface area contributed by atoms with Crippen LogP contribution in [0.2, 0.25) is 0 Å². The van der Waals surface area contributed by atoms with E-state index < -0.39 is 33.4 Å². The van der Waals surface area contributed by atoms with Gasteiger partial charge in [-0.25, -0.2) is 0 Å². The average Bonchev–Trinajstić information content (AvgIpc) is 3.45. The Hall–Kier alpha value is -2.32. The van der Waals surface area contributed by atoms with Crippen LogP contribution in [-0.4, -0.2) is 74.0 Å². The van der Waals surface area contributed by atoms with E-state index in [0.717, 1.165) is 24.8 Å². The first kappa shape index (κ1) is 27.7.